The van der Waals surface area contributed by atoms with Gasteiger partial charge in [0, 0.05) is 22.7 Å². The van der Waals surface area contributed by atoms with Crippen molar-refractivity contribution in [3.63, 3.8) is 0 Å². The SMILES string of the molecule is CCc1cc(=O)[nH]c2cc(NC(=O)c3ccc4nc[nH]c4c3)ccc12. The van der Waals surface area contributed by atoms with Gasteiger partial charge in [-0.05, 0) is 42.3 Å². The Morgan fingerprint density at radius 2 is 2.00 bits per heavy atom. The summed E-state index contributed by atoms with van der Waals surface area (Å²) >= 11 is 0. The van der Waals surface area contributed by atoms with E-state index in [0.717, 1.165) is 28.4 Å². The highest BCUT2D eigenvalue weighted by atomic mass is 16.1. The number of hydrogen-bond donors (Lipinski definition) is 3. The lowest BCUT2D eigenvalue weighted by Crippen LogP contribution is -2.12. The van der Waals surface area contributed by atoms with Crippen molar-refractivity contribution in [2.75, 3.05) is 5.32 Å². The Bertz CT molecular complexity index is 1160. The molecule has 0 bridgehead atoms. The van der Waals surface area contributed by atoms with Crippen molar-refractivity contribution in [3.8, 4) is 0 Å². The Hall–Kier alpha value is -3.41. The summed E-state index contributed by atoms with van der Waals surface area (Å²) in [6.45, 7) is 2.01. The molecule has 4 rings (SSSR count). The van der Waals surface area contributed by atoms with Crippen molar-refractivity contribution in [2.24, 2.45) is 0 Å². The number of hydrogen-bond acceptors (Lipinski definition) is 3. The van der Waals surface area contributed by atoms with E-state index in [4.69, 9.17) is 0 Å². The van der Waals surface area contributed by atoms with Crippen molar-refractivity contribution in [2.45, 2.75) is 13.3 Å². The fourth-order valence-electron chi connectivity index (χ4n) is 2.98. The van der Waals surface area contributed by atoms with Gasteiger partial charge in [-0.2, -0.15) is 0 Å². The highest BCUT2D eigenvalue weighted by Crippen LogP contribution is 2.21. The molecule has 0 saturated heterocycles. The maximum Gasteiger partial charge on any atom is 0.255 e. The number of imidazole rings is 1. The molecule has 124 valence electrons. The van der Waals surface area contributed by atoms with Crippen LogP contribution < -0.4 is 10.9 Å². The van der Waals surface area contributed by atoms with Crippen LogP contribution in [0.2, 0.25) is 0 Å². The third-order valence-electron chi connectivity index (χ3n) is 4.25. The van der Waals surface area contributed by atoms with Crippen LogP contribution in [0, 0.1) is 0 Å². The summed E-state index contributed by atoms with van der Waals surface area (Å²) in [5.41, 5.74) is 4.35. The highest BCUT2D eigenvalue weighted by molar-refractivity contribution is 6.06. The number of rotatable bonds is 3. The van der Waals surface area contributed by atoms with Gasteiger partial charge in [-0.15, -0.1) is 0 Å². The van der Waals surface area contributed by atoms with Crippen LogP contribution in [0.25, 0.3) is 21.9 Å². The van der Waals surface area contributed by atoms with Gasteiger partial charge in [-0.3, -0.25) is 9.59 Å². The van der Waals surface area contributed by atoms with Gasteiger partial charge in [0.05, 0.1) is 22.9 Å². The molecule has 25 heavy (non-hydrogen) atoms. The van der Waals surface area contributed by atoms with Gasteiger partial charge in [0.25, 0.3) is 5.91 Å². The first-order valence-electron chi connectivity index (χ1n) is 8.04. The molecule has 2 aromatic heterocycles. The molecular formula is C19H16N4O2. The van der Waals surface area contributed by atoms with Crippen LogP contribution in [-0.4, -0.2) is 20.9 Å². The zero-order valence-electron chi connectivity index (χ0n) is 13.6. The van der Waals surface area contributed by atoms with E-state index in [9.17, 15) is 9.59 Å². The van der Waals surface area contributed by atoms with Gasteiger partial charge >= 0.3 is 0 Å². The second-order valence-electron chi connectivity index (χ2n) is 5.86. The summed E-state index contributed by atoms with van der Waals surface area (Å²) in [5, 5.41) is 3.85. The smallest absolute Gasteiger partial charge is 0.255 e. The first-order valence-corrected chi connectivity index (χ1v) is 8.04. The predicted octanol–water partition coefficient (Wildman–Crippen LogP) is 3.22. The number of nitrogens with zero attached hydrogens (tertiary/aromatic N) is 1. The maximum atomic E-state index is 12.5. The van der Waals surface area contributed by atoms with Crippen LogP contribution in [0.1, 0.15) is 22.8 Å². The normalized spacial score (nSPS) is 11.1. The van der Waals surface area contributed by atoms with Crippen LogP contribution in [0.4, 0.5) is 5.69 Å². The fraction of sp³-hybridized carbons (Fsp3) is 0.105. The van der Waals surface area contributed by atoms with E-state index in [0.29, 0.717) is 16.8 Å². The van der Waals surface area contributed by atoms with Gasteiger partial charge in [0.15, 0.2) is 0 Å². The summed E-state index contributed by atoms with van der Waals surface area (Å²) in [6, 6.07) is 12.4. The van der Waals surface area contributed by atoms with E-state index < -0.39 is 0 Å². The highest BCUT2D eigenvalue weighted by Gasteiger charge is 2.09. The van der Waals surface area contributed by atoms with Crippen LogP contribution in [0.15, 0.2) is 53.6 Å². The van der Waals surface area contributed by atoms with Gasteiger partial charge in [0.2, 0.25) is 5.56 Å². The van der Waals surface area contributed by atoms with Gasteiger partial charge in [-0.25, -0.2) is 4.98 Å². The Morgan fingerprint density at radius 3 is 2.84 bits per heavy atom. The topological polar surface area (TPSA) is 90.6 Å². The lowest BCUT2D eigenvalue weighted by molar-refractivity contribution is 0.102. The minimum Gasteiger partial charge on any atom is -0.345 e. The van der Waals surface area contributed by atoms with Crippen LogP contribution >= 0.6 is 0 Å². The average Bonchev–Trinajstić information content (AvgIpc) is 3.08. The number of anilines is 1. The van der Waals surface area contributed by atoms with E-state index in [1.165, 1.54) is 0 Å². The summed E-state index contributed by atoms with van der Waals surface area (Å²) in [5.74, 6) is -0.218. The fourth-order valence-corrected chi connectivity index (χ4v) is 2.98. The molecule has 2 heterocycles. The molecule has 6 nitrogen and oxygen atoms in total. The van der Waals surface area contributed by atoms with Crippen LogP contribution in [-0.2, 0) is 6.42 Å². The molecule has 2 aromatic carbocycles. The average molecular weight is 332 g/mol. The van der Waals surface area contributed by atoms with E-state index in [1.54, 1.807) is 36.7 Å². The lowest BCUT2D eigenvalue weighted by Gasteiger charge is -2.08. The quantitative estimate of drug-likeness (QED) is 0.538. The van der Waals surface area contributed by atoms with E-state index in [-0.39, 0.29) is 11.5 Å². The number of amides is 1. The number of carbonyl (C=O) groups is 1. The molecule has 0 aliphatic rings. The number of H-pyrrole nitrogens is 2. The Balaban J connectivity index is 1.67. The maximum absolute atomic E-state index is 12.5. The molecule has 0 spiro atoms. The van der Waals surface area contributed by atoms with E-state index in [2.05, 4.69) is 20.3 Å². The van der Waals surface area contributed by atoms with Crippen LogP contribution in [0.3, 0.4) is 0 Å². The minimum atomic E-state index is -0.218. The summed E-state index contributed by atoms with van der Waals surface area (Å²) in [7, 11) is 0. The van der Waals surface area contributed by atoms with Gasteiger partial charge in [-0.1, -0.05) is 13.0 Å². The molecular weight excluding hydrogens is 316 g/mol. The second kappa shape index (κ2) is 5.90. The molecule has 0 aliphatic heterocycles. The second-order valence-corrected chi connectivity index (χ2v) is 5.86. The third-order valence-corrected chi connectivity index (χ3v) is 4.25. The molecule has 1 amide bonds. The van der Waals surface area contributed by atoms with E-state index in [1.807, 2.05) is 19.1 Å². The number of benzene rings is 2. The molecule has 0 aliphatic carbocycles. The van der Waals surface area contributed by atoms with Crippen molar-refractivity contribution < 1.29 is 4.79 Å². The summed E-state index contributed by atoms with van der Waals surface area (Å²) in [6.07, 6.45) is 2.37. The molecule has 0 saturated carbocycles. The molecule has 0 radical (unpaired) electrons. The number of pyridine rings is 1. The molecule has 3 N–H and O–H groups in total. The van der Waals surface area contributed by atoms with Gasteiger partial charge in [0.1, 0.15) is 0 Å². The molecule has 0 unspecified atom stereocenters. The zero-order chi connectivity index (χ0) is 17.4. The number of aryl methyl sites for hydroxylation is 1. The summed E-state index contributed by atoms with van der Waals surface area (Å²) in [4.78, 5) is 34.2. The Kier molecular flexibility index (Phi) is 3.57. The van der Waals surface area contributed by atoms with Crippen molar-refractivity contribution >= 4 is 33.5 Å². The minimum absolute atomic E-state index is 0.141. The number of aromatic nitrogens is 3. The Morgan fingerprint density at radius 1 is 1.12 bits per heavy atom. The Labute approximate surface area is 142 Å². The van der Waals surface area contributed by atoms with Crippen molar-refractivity contribution in [1.29, 1.82) is 0 Å². The van der Waals surface area contributed by atoms with Crippen molar-refractivity contribution in [3.05, 3.63) is 70.3 Å². The van der Waals surface area contributed by atoms with Crippen molar-refractivity contribution in [1.82, 2.24) is 15.0 Å². The monoisotopic (exact) mass is 332 g/mol. The molecule has 0 fully saturated rings. The molecule has 0 atom stereocenters. The van der Waals surface area contributed by atoms with Crippen LogP contribution in [0.5, 0.6) is 0 Å². The largest absolute Gasteiger partial charge is 0.345 e. The van der Waals surface area contributed by atoms with E-state index >= 15 is 0 Å². The first kappa shape index (κ1) is 15.1. The molecule has 4 aromatic rings. The summed E-state index contributed by atoms with van der Waals surface area (Å²) < 4.78 is 0. The predicted molar refractivity (Wildman–Crippen MR) is 98.0 cm³/mol. The zero-order valence-corrected chi connectivity index (χ0v) is 13.6. The standard InChI is InChI=1S/C19H16N4O2/c1-2-11-8-18(24)23-16-9-13(4-5-14(11)16)22-19(25)12-3-6-15-17(7-12)21-10-20-15/h3-10H,2H2,1H3,(H,20,21)(H,22,25)(H,23,24). The number of aromatic amines is 2. The molecule has 6 heteroatoms. The number of nitrogens with one attached hydrogen (secondary N) is 3. The van der Waals surface area contributed by atoms with Gasteiger partial charge < -0.3 is 15.3 Å². The third kappa shape index (κ3) is 2.78. The lowest BCUT2D eigenvalue weighted by atomic mass is 10.1. The number of fused-ring (bicyclic) bond motifs is 2. The number of carbonyl (C=O) groups excluding carboxylic acids is 1. The first-order chi connectivity index (χ1) is 12.1.